The number of urea groups is 1. The van der Waals surface area contributed by atoms with Crippen LogP contribution in [0, 0.1) is 5.92 Å². The van der Waals surface area contributed by atoms with Crippen molar-refractivity contribution in [3.05, 3.63) is 65.4 Å². The Kier molecular flexibility index (Phi) is 6.09. The van der Waals surface area contributed by atoms with Crippen LogP contribution in [-0.2, 0) is 13.0 Å². The van der Waals surface area contributed by atoms with Crippen molar-refractivity contribution < 1.29 is 14.7 Å². The third-order valence-corrected chi connectivity index (χ3v) is 7.14. The number of benzene rings is 2. The molecular weight excluding hydrogens is 428 g/mol. The number of amides is 3. The molecule has 176 valence electrons. The molecule has 1 fully saturated rings. The number of carbonyl (C=O) groups is 2. The molecule has 5 rings (SSSR count). The predicted molar refractivity (Wildman–Crippen MR) is 132 cm³/mol. The summed E-state index contributed by atoms with van der Waals surface area (Å²) in [6, 6.07) is 12.7. The van der Waals surface area contributed by atoms with Crippen LogP contribution >= 0.6 is 0 Å². The molecule has 2 aromatic carbocycles. The van der Waals surface area contributed by atoms with E-state index < -0.39 is 0 Å². The van der Waals surface area contributed by atoms with Crippen LogP contribution in [0.4, 0.5) is 10.5 Å². The van der Waals surface area contributed by atoms with Gasteiger partial charge in [-0.2, -0.15) is 0 Å². The Balaban J connectivity index is 1.34. The Bertz CT molecular complexity index is 1230. The van der Waals surface area contributed by atoms with E-state index in [1.54, 1.807) is 24.4 Å². The number of carbonyl (C=O) groups excluding carboxylic acids is 2. The number of hydrogen-bond acceptors (Lipinski definition) is 4. The Morgan fingerprint density at radius 3 is 2.71 bits per heavy atom. The van der Waals surface area contributed by atoms with Crippen LogP contribution in [0.15, 0.2) is 48.7 Å². The molecule has 2 heterocycles. The smallest absolute Gasteiger partial charge is 0.317 e. The van der Waals surface area contributed by atoms with Gasteiger partial charge in [-0.3, -0.25) is 9.78 Å². The third kappa shape index (κ3) is 4.42. The molecule has 34 heavy (non-hydrogen) atoms. The van der Waals surface area contributed by atoms with E-state index in [0.29, 0.717) is 35.2 Å². The largest absolute Gasteiger partial charge is 0.506 e. The maximum atomic E-state index is 13.3. The highest BCUT2D eigenvalue weighted by atomic mass is 16.3. The third-order valence-electron chi connectivity index (χ3n) is 7.14. The molecule has 0 spiro atoms. The van der Waals surface area contributed by atoms with E-state index in [1.165, 1.54) is 6.07 Å². The summed E-state index contributed by atoms with van der Waals surface area (Å²) < 4.78 is 0. The van der Waals surface area contributed by atoms with E-state index in [1.807, 2.05) is 23.1 Å². The first-order chi connectivity index (χ1) is 16.5. The van der Waals surface area contributed by atoms with Crippen molar-refractivity contribution in [3.63, 3.8) is 0 Å². The second-order valence-corrected chi connectivity index (χ2v) is 9.51. The molecule has 0 bridgehead atoms. The van der Waals surface area contributed by atoms with Gasteiger partial charge in [0.1, 0.15) is 11.3 Å². The minimum atomic E-state index is -0.240. The average molecular weight is 459 g/mol. The summed E-state index contributed by atoms with van der Waals surface area (Å²) in [5.74, 6) is 0.563. The number of hydrogen-bond donors (Lipinski definition) is 3. The highest BCUT2D eigenvalue weighted by molar-refractivity contribution is 6.10. The molecule has 1 aliphatic carbocycles. The molecule has 7 heteroatoms. The SMILES string of the molecule is CC1CCC(NC(=O)N2CCc3cccc(C(=O)Nc4ccc(O)c5ncccc45)c3C2)CC1. The van der Waals surface area contributed by atoms with E-state index in [0.717, 1.165) is 49.1 Å². The first-order valence-corrected chi connectivity index (χ1v) is 12.0. The Morgan fingerprint density at radius 1 is 1.06 bits per heavy atom. The Labute approximate surface area is 199 Å². The first kappa shape index (κ1) is 22.2. The second kappa shape index (κ2) is 9.33. The van der Waals surface area contributed by atoms with Crippen molar-refractivity contribution in [3.8, 4) is 5.75 Å². The van der Waals surface area contributed by atoms with E-state index in [-0.39, 0.29) is 23.7 Å². The molecule has 0 radical (unpaired) electrons. The summed E-state index contributed by atoms with van der Waals surface area (Å²) in [5, 5.41) is 17.0. The number of rotatable bonds is 3. The topological polar surface area (TPSA) is 94.6 Å². The van der Waals surface area contributed by atoms with Gasteiger partial charge in [0.15, 0.2) is 0 Å². The fourth-order valence-electron chi connectivity index (χ4n) is 5.09. The van der Waals surface area contributed by atoms with Crippen LogP contribution in [0.1, 0.15) is 54.1 Å². The number of aromatic hydroxyl groups is 1. The fourth-order valence-corrected chi connectivity index (χ4v) is 5.09. The Hall–Kier alpha value is -3.61. The zero-order valence-corrected chi connectivity index (χ0v) is 19.4. The van der Waals surface area contributed by atoms with Crippen LogP contribution in [-0.4, -0.2) is 39.5 Å². The maximum absolute atomic E-state index is 13.3. The standard InChI is InChI=1S/C27H30N4O3/c1-17-7-9-19(10-8-17)29-27(34)31-15-13-18-4-2-5-20(22(18)16-31)26(33)30-23-11-12-24(32)25-21(23)6-3-14-28-25/h2-6,11-12,14,17,19,32H,7-10,13,15-16H2,1H3,(H,29,34)(H,30,33). The molecule has 3 aromatic rings. The van der Waals surface area contributed by atoms with E-state index in [4.69, 9.17) is 0 Å². The average Bonchev–Trinajstić information content (AvgIpc) is 2.86. The van der Waals surface area contributed by atoms with Crippen molar-refractivity contribution in [1.29, 1.82) is 0 Å². The van der Waals surface area contributed by atoms with Gasteiger partial charge < -0.3 is 20.6 Å². The summed E-state index contributed by atoms with van der Waals surface area (Å²) in [5.41, 5.74) is 3.57. The van der Waals surface area contributed by atoms with Gasteiger partial charge in [0.25, 0.3) is 5.91 Å². The monoisotopic (exact) mass is 458 g/mol. The van der Waals surface area contributed by atoms with Gasteiger partial charge in [0.05, 0.1) is 5.69 Å². The summed E-state index contributed by atoms with van der Waals surface area (Å²) in [7, 11) is 0. The Morgan fingerprint density at radius 2 is 1.88 bits per heavy atom. The second-order valence-electron chi connectivity index (χ2n) is 9.51. The van der Waals surface area contributed by atoms with E-state index >= 15 is 0 Å². The van der Waals surface area contributed by atoms with Crippen LogP contribution in [0.2, 0.25) is 0 Å². The molecule has 3 amide bonds. The van der Waals surface area contributed by atoms with Gasteiger partial charge in [-0.1, -0.05) is 19.1 Å². The molecule has 2 aliphatic rings. The quantitative estimate of drug-likeness (QED) is 0.490. The summed E-state index contributed by atoms with van der Waals surface area (Å²) >= 11 is 0. The molecule has 1 aliphatic heterocycles. The molecule has 0 unspecified atom stereocenters. The lowest BCUT2D eigenvalue weighted by Gasteiger charge is -2.33. The number of pyridine rings is 1. The first-order valence-electron chi connectivity index (χ1n) is 12.0. The lowest BCUT2D eigenvalue weighted by atomic mass is 9.87. The highest BCUT2D eigenvalue weighted by Crippen LogP contribution is 2.30. The maximum Gasteiger partial charge on any atom is 0.317 e. The number of anilines is 1. The van der Waals surface area contributed by atoms with Crippen LogP contribution in [0.25, 0.3) is 10.9 Å². The van der Waals surface area contributed by atoms with Gasteiger partial charge in [0, 0.05) is 36.3 Å². The lowest BCUT2D eigenvalue weighted by Crippen LogP contribution is -2.47. The fraction of sp³-hybridized carbons (Fsp3) is 0.370. The molecule has 1 aromatic heterocycles. The van der Waals surface area contributed by atoms with Gasteiger partial charge in [0.2, 0.25) is 0 Å². The predicted octanol–water partition coefficient (Wildman–Crippen LogP) is 4.84. The van der Waals surface area contributed by atoms with Gasteiger partial charge >= 0.3 is 6.03 Å². The zero-order valence-electron chi connectivity index (χ0n) is 19.4. The number of phenolic OH excluding ortho intramolecular Hbond substituents is 1. The van der Waals surface area contributed by atoms with Crippen molar-refractivity contribution in [1.82, 2.24) is 15.2 Å². The molecule has 0 atom stereocenters. The molecular formula is C27H30N4O3. The van der Waals surface area contributed by atoms with Crippen LogP contribution < -0.4 is 10.6 Å². The molecule has 7 nitrogen and oxygen atoms in total. The van der Waals surface area contributed by atoms with Crippen LogP contribution in [0.5, 0.6) is 5.75 Å². The van der Waals surface area contributed by atoms with Crippen molar-refractivity contribution >= 4 is 28.5 Å². The van der Waals surface area contributed by atoms with Gasteiger partial charge in [-0.05, 0) is 79.5 Å². The van der Waals surface area contributed by atoms with E-state index in [9.17, 15) is 14.7 Å². The van der Waals surface area contributed by atoms with Gasteiger partial charge in [-0.25, -0.2) is 4.79 Å². The molecule has 3 N–H and O–H groups in total. The zero-order chi connectivity index (χ0) is 23.7. The number of fused-ring (bicyclic) bond motifs is 2. The summed E-state index contributed by atoms with van der Waals surface area (Å²) in [6.45, 7) is 3.32. The lowest BCUT2D eigenvalue weighted by molar-refractivity contribution is 0.102. The minimum Gasteiger partial charge on any atom is -0.506 e. The molecule has 1 saturated carbocycles. The number of nitrogens with one attached hydrogen (secondary N) is 2. The van der Waals surface area contributed by atoms with Crippen molar-refractivity contribution in [2.45, 2.75) is 51.6 Å². The normalized spacial score (nSPS) is 20.0. The van der Waals surface area contributed by atoms with E-state index in [2.05, 4.69) is 22.5 Å². The number of nitrogens with zero attached hydrogens (tertiary/aromatic N) is 2. The summed E-state index contributed by atoms with van der Waals surface area (Å²) in [6.07, 6.45) is 6.69. The minimum absolute atomic E-state index is 0.0454. The van der Waals surface area contributed by atoms with Crippen molar-refractivity contribution in [2.75, 3.05) is 11.9 Å². The molecule has 0 saturated heterocycles. The van der Waals surface area contributed by atoms with Crippen LogP contribution in [0.3, 0.4) is 0 Å². The van der Waals surface area contributed by atoms with Gasteiger partial charge in [-0.15, -0.1) is 0 Å². The number of phenols is 1. The number of aromatic nitrogens is 1. The highest BCUT2D eigenvalue weighted by Gasteiger charge is 2.27. The summed E-state index contributed by atoms with van der Waals surface area (Å²) in [4.78, 5) is 32.4. The van der Waals surface area contributed by atoms with Crippen molar-refractivity contribution in [2.24, 2.45) is 5.92 Å².